The van der Waals surface area contributed by atoms with Crippen LogP contribution in [0.3, 0.4) is 0 Å². The Kier molecular flexibility index (Phi) is 3.37. The highest BCUT2D eigenvalue weighted by Crippen LogP contribution is 2.19. The van der Waals surface area contributed by atoms with Crippen LogP contribution in [0, 0.1) is 12.7 Å². The zero-order valence-corrected chi connectivity index (χ0v) is 9.22. The van der Waals surface area contributed by atoms with E-state index >= 15 is 0 Å². The zero-order valence-electron chi connectivity index (χ0n) is 9.22. The summed E-state index contributed by atoms with van der Waals surface area (Å²) in [5, 5.41) is 3.43. The van der Waals surface area contributed by atoms with Gasteiger partial charge in [0.05, 0.1) is 0 Å². The lowest BCUT2D eigenvalue weighted by Crippen LogP contribution is -2.25. The minimum absolute atomic E-state index is 0.0528. The van der Waals surface area contributed by atoms with Crippen LogP contribution in [0.5, 0.6) is 0 Å². The molecule has 1 nitrogen and oxygen atoms in total. The van der Waals surface area contributed by atoms with Gasteiger partial charge in [-0.3, -0.25) is 0 Å². The molecular formula is C13H18FN. The molecule has 1 aliphatic carbocycles. The maximum atomic E-state index is 13.6. The minimum atomic E-state index is -0.0528. The Morgan fingerprint density at radius 1 is 1.33 bits per heavy atom. The second-order valence-electron chi connectivity index (χ2n) is 4.41. The van der Waals surface area contributed by atoms with Crippen LogP contribution in [0.25, 0.3) is 0 Å². The van der Waals surface area contributed by atoms with Crippen LogP contribution in [-0.4, -0.2) is 6.04 Å². The second-order valence-corrected chi connectivity index (χ2v) is 4.41. The van der Waals surface area contributed by atoms with Gasteiger partial charge in [0.1, 0.15) is 5.82 Å². The fourth-order valence-electron chi connectivity index (χ4n) is 2.23. The molecule has 0 atom stereocenters. The van der Waals surface area contributed by atoms with Crippen molar-refractivity contribution in [2.75, 3.05) is 0 Å². The van der Waals surface area contributed by atoms with E-state index in [4.69, 9.17) is 0 Å². The molecule has 1 aromatic rings. The third kappa shape index (κ3) is 2.57. The highest BCUT2D eigenvalue weighted by molar-refractivity contribution is 5.24. The van der Waals surface area contributed by atoms with Crippen molar-refractivity contribution in [1.82, 2.24) is 5.32 Å². The third-order valence-corrected chi connectivity index (χ3v) is 3.21. The number of halogens is 1. The van der Waals surface area contributed by atoms with Gasteiger partial charge in [-0.2, -0.15) is 0 Å². The molecule has 1 aromatic carbocycles. The van der Waals surface area contributed by atoms with Gasteiger partial charge in [0.15, 0.2) is 0 Å². The van der Waals surface area contributed by atoms with Gasteiger partial charge in [0, 0.05) is 18.2 Å². The molecule has 1 fully saturated rings. The summed E-state index contributed by atoms with van der Waals surface area (Å²) in [7, 11) is 0. The van der Waals surface area contributed by atoms with E-state index in [-0.39, 0.29) is 5.82 Å². The maximum Gasteiger partial charge on any atom is 0.130 e. The molecule has 0 heterocycles. The highest BCUT2D eigenvalue weighted by atomic mass is 19.1. The van der Waals surface area contributed by atoms with Crippen molar-refractivity contribution in [2.45, 2.75) is 45.2 Å². The summed E-state index contributed by atoms with van der Waals surface area (Å²) in [5.41, 5.74) is 1.53. The van der Waals surface area contributed by atoms with Crippen molar-refractivity contribution in [2.24, 2.45) is 0 Å². The van der Waals surface area contributed by atoms with Gasteiger partial charge in [-0.05, 0) is 25.3 Å². The van der Waals surface area contributed by atoms with Gasteiger partial charge in [-0.25, -0.2) is 4.39 Å². The molecule has 0 spiro atoms. The lowest BCUT2D eigenvalue weighted by Gasteiger charge is -2.12. The number of nitrogens with one attached hydrogen (secondary N) is 1. The molecule has 0 radical (unpaired) electrons. The Labute approximate surface area is 90.7 Å². The molecule has 0 aliphatic heterocycles. The quantitative estimate of drug-likeness (QED) is 0.802. The Bertz CT molecular complexity index is 329. The van der Waals surface area contributed by atoms with Crippen LogP contribution in [0.4, 0.5) is 4.39 Å². The van der Waals surface area contributed by atoms with Crippen molar-refractivity contribution < 1.29 is 4.39 Å². The van der Waals surface area contributed by atoms with Gasteiger partial charge in [0.25, 0.3) is 0 Å². The van der Waals surface area contributed by atoms with E-state index in [9.17, 15) is 4.39 Å². The molecule has 0 amide bonds. The molecule has 2 heteroatoms. The summed E-state index contributed by atoms with van der Waals surface area (Å²) in [4.78, 5) is 0. The van der Waals surface area contributed by atoms with E-state index in [2.05, 4.69) is 5.32 Å². The van der Waals surface area contributed by atoms with E-state index in [1.165, 1.54) is 25.7 Å². The molecule has 82 valence electrons. The van der Waals surface area contributed by atoms with Crippen LogP contribution in [-0.2, 0) is 6.54 Å². The van der Waals surface area contributed by atoms with Crippen molar-refractivity contribution in [3.8, 4) is 0 Å². The van der Waals surface area contributed by atoms with Gasteiger partial charge in [0.2, 0.25) is 0 Å². The predicted molar refractivity (Wildman–Crippen MR) is 60.2 cm³/mol. The monoisotopic (exact) mass is 207 g/mol. The topological polar surface area (TPSA) is 12.0 Å². The lowest BCUT2D eigenvalue weighted by atomic mass is 10.1. The standard InChI is InChI=1S/C13H18FN/c1-10-5-4-6-11(13(10)14)9-15-12-7-2-3-8-12/h4-6,12,15H,2-3,7-9H2,1H3. The van der Waals surface area contributed by atoms with Gasteiger partial charge in [-0.1, -0.05) is 31.0 Å². The molecule has 15 heavy (non-hydrogen) atoms. The predicted octanol–water partition coefficient (Wildman–Crippen LogP) is 3.17. The Hall–Kier alpha value is -0.890. The molecule has 0 unspecified atom stereocenters. The van der Waals surface area contributed by atoms with Crippen LogP contribution in [0.1, 0.15) is 36.8 Å². The number of rotatable bonds is 3. The van der Waals surface area contributed by atoms with Crippen molar-refractivity contribution in [3.05, 3.63) is 35.1 Å². The van der Waals surface area contributed by atoms with E-state index in [0.29, 0.717) is 12.6 Å². The maximum absolute atomic E-state index is 13.6. The molecule has 0 saturated heterocycles. The number of hydrogen-bond donors (Lipinski definition) is 1. The lowest BCUT2D eigenvalue weighted by molar-refractivity contribution is 0.507. The normalized spacial score (nSPS) is 17.2. The first kappa shape index (κ1) is 10.6. The molecule has 1 N–H and O–H groups in total. The fraction of sp³-hybridized carbons (Fsp3) is 0.538. The number of benzene rings is 1. The summed E-state index contributed by atoms with van der Waals surface area (Å²) in [6.45, 7) is 2.48. The first-order valence-corrected chi connectivity index (χ1v) is 5.75. The van der Waals surface area contributed by atoms with Gasteiger partial charge in [-0.15, -0.1) is 0 Å². The average Bonchev–Trinajstić information content (AvgIpc) is 2.73. The molecule has 1 saturated carbocycles. The first-order chi connectivity index (χ1) is 7.27. The van der Waals surface area contributed by atoms with Crippen LogP contribution >= 0.6 is 0 Å². The Morgan fingerprint density at radius 2 is 2.07 bits per heavy atom. The van der Waals surface area contributed by atoms with Gasteiger partial charge < -0.3 is 5.32 Å². The molecule has 0 bridgehead atoms. The first-order valence-electron chi connectivity index (χ1n) is 5.75. The smallest absolute Gasteiger partial charge is 0.130 e. The third-order valence-electron chi connectivity index (χ3n) is 3.21. The molecule has 0 aromatic heterocycles. The van der Waals surface area contributed by atoms with Crippen molar-refractivity contribution in [3.63, 3.8) is 0 Å². The molecule has 1 aliphatic rings. The summed E-state index contributed by atoms with van der Waals surface area (Å²) < 4.78 is 13.6. The summed E-state index contributed by atoms with van der Waals surface area (Å²) in [5.74, 6) is -0.0528. The highest BCUT2D eigenvalue weighted by Gasteiger charge is 2.14. The molecular weight excluding hydrogens is 189 g/mol. The van der Waals surface area contributed by atoms with Crippen LogP contribution in [0.2, 0.25) is 0 Å². The van der Waals surface area contributed by atoms with E-state index in [0.717, 1.165) is 11.1 Å². The Balaban J connectivity index is 1.95. The van der Waals surface area contributed by atoms with Crippen LogP contribution in [0.15, 0.2) is 18.2 Å². The second kappa shape index (κ2) is 4.75. The fourth-order valence-corrected chi connectivity index (χ4v) is 2.23. The van der Waals surface area contributed by atoms with E-state index in [1.807, 2.05) is 25.1 Å². The SMILES string of the molecule is Cc1cccc(CNC2CCCC2)c1F. The summed E-state index contributed by atoms with van der Waals surface area (Å²) in [6, 6.07) is 6.20. The largest absolute Gasteiger partial charge is 0.310 e. The Morgan fingerprint density at radius 3 is 2.80 bits per heavy atom. The van der Waals surface area contributed by atoms with Crippen molar-refractivity contribution >= 4 is 0 Å². The summed E-state index contributed by atoms with van der Waals surface area (Å²) >= 11 is 0. The zero-order chi connectivity index (χ0) is 10.7. The van der Waals surface area contributed by atoms with E-state index in [1.54, 1.807) is 0 Å². The summed E-state index contributed by atoms with van der Waals surface area (Å²) in [6.07, 6.45) is 5.11. The van der Waals surface area contributed by atoms with Crippen LogP contribution < -0.4 is 5.32 Å². The van der Waals surface area contributed by atoms with Crippen molar-refractivity contribution in [1.29, 1.82) is 0 Å². The van der Waals surface area contributed by atoms with E-state index < -0.39 is 0 Å². The minimum Gasteiger partial charge on any atom is -0.310 e. The number of hydrogen-bond acceptors (Lipinski definition) is 1. The average molecular weight is 207 g/mol. The number of aryl methyl sites for hydroxylation is 1. The van der Waals surface area contributed by atoms with Gasteiger partial charge >= 0.3 is 0 Å². The molecule has 2 rings (SSSR count).